The molecule has 0 bridgehead atoms. The van der Waals surface area contributed by atoms with Gasteiger partial charge in [0.05, 0.1) is 20.4 Å². The summed E-state index contributed by atoms with van der Waals surface area (Å²) in [6.45, 7) is 2.99. The lowest BCUT2D eigenvalue weighted by atomic mass is 10.0. The van der Waals surface area contributed by atoms with E-state index in [0.717, 1.165) is 0 Å². The maximum atomic E-state index is 11.7. The molecule has 0 aliphatic heterocycles. The van der Waals surface area contributed by atoms with Gasteiger partial charge in [-0.05, 0) is 12.5 Å². The van der Waals surface area contributed by atoms with Gasteiger partial charge < -0.3 is 10.1 Å². The van der Waals surface area contributed by atoms with Crippen LogP contribution in [-0.2, 0) is 14.3 Å². The fourth-order valence-electron chi connectivity index (χ4n) is 1.30. The second kappa shape index (κ2) is 6.68. The second-order valence-electron chi connectivity index (χ2n) is 3.36. The van der Waals surface area contributed by atoms with Gasteiger partial charge in [0.25, 0.3) is 0 Å². The van der Waals surface area contributed by atoms with Crippen LogP contribution in [0.2, 0.25) is 0 Å². The molecule has 0 radical (unpaired) electrons. The fourth-order valence-corrected chi connectivity index (χ4v) is 1.30. The Hall–Kier alpha value is -1.84. The van der Waals surface area contributed by atoms with E-state index in [9.17, 15) is 9.59 Å². The van der Waals surface area contributed by atoms with Crippen molar-refractivity contribution in [3.05, 3.63) is 35.9 Å². The zero-order valence-corrected chi connectivity index (χ0v) is 9.90. The first kappa shape index (κ1) is 10.3. The first-order valence-corrected chi connectivity index (χ1v) is 5.35. The molecule has 4 nitrogen and oxygen atoms in total. The number of nitrogens with one attached hydrogen (secondary N) is 1. The number of benzene rings is 1. The lowest BCUT2D eigenvalue weighted by molar-refractivity contribution is -0.143. The van der Waals surface area contributed by atoms with Crippen molar-refractivity contribution in [2.75, 3.05) is 6.61 Å². The average Bonchev–Trinajstić information content (AvgIpc) is 2.38. The van der Waals surface area contributed by atoms with E-state index in [4.69, 9.17) is 7.48 Å². The lowest BCUT2D eigenvalue weighted by Gasteiger charge is -2.17. The van der Waals surface area contributed by atoms with Gasteiger partial charge in [-0.25, -0.2) is 0 Å². The van der Waals surface area contributed by atoms with Crippen LogP contribution in [0.15, 0.2) is 30.3 Å². The van der Waals surface area contributed by atoms with Gasteiger partial charge in [-0.3, -0.25) is 9.59 Å². The highest BCUT2D eigenvalue weighted by Crippen LogP contribution is 2.16. The first-order valence-electron chi connectivity index (χ1n) is 6.42. The van der Waals surface area contributed by atoms with Crippen LogP contribution in [0.4, 0.5) is 0 Å². The molecule has 2 atom stereocenters. The topological polar surface area (TPSA) is 55.4 Å². The third-order valence-corrected chi connectivity index (χ3v) is 1.94. The summed E-state index contributed by atoms with van der Waals surface area (Å²) in [7, 11) is 0. The first-order chi connectivity index (χ1) is 8.91. The SMILES string of the molecule is [2H]C(C(=O)OCC)C([2H])(NC(C)=O)c1ccccc1. The number of carbonyl (C=O) groups excluding carboxylic acids is 2. The van der Waals surface area contributed by atoms with E-state index in [1.807, 2.05) is 0 Å². The van der Waals surface area contributed by atoms with E-state index >= 15 is 0 Å². The summed E-state index contributed by atoms with van der Waals surface area (Å²) >= 11 is 0. The molecule has 0 saturated carbocycles. The average molecular weight is 237 g/mol. The van der Waals surface area contributed by atoms with Crippen LogP contribution in [0.3, 0.4) is 0 Å². The molecule has 0 heterocycles. The van der Waals surface area contributed by atoms with Gasteiger partial charge in [-0.15, -0.1) is 0 Å². The van der Waals surface area contributed by atoms with E-state index in [1.54, 1.807) is 37.3 Å². The highest BCUT2D eigenvalue weighted by molar-refractivity contribution is 5.76. The highest BCUT2D eigenvalue weighted by atomic mass is 16.5. The highest BCUT2D eigenvalue weighted by Gasteiger charge is 2.17. The largest absolute Gasteiger partial charge is 0.466 e. The minimum Gasteiger partial charge on any atom is -0.466 e. The zero-order chi connectivity index (χ0) is 14.5. The lowest BCUT2D eigenvalue weighted by Crippen LogP contribution is -2.28. The van der Waals surface area contributed by atoms with E-state index in [-0.39, 0.29) is 6.61 Å². The Morgan fingerprint density at radius 2 is 2.12 bits per heavy atom. The number of esters is 1. The van der Waals surface area contributed by atoms with Gasteiger partial charge in [0.2, 0.25) is 5.91 Å². The van der Waals surface area contributed by atoms with Crippen LogP contribution in [-0.4, -0.2) is 18.5 Å². The number of hydrogen-bond donors (Lipinski definition) is 1. The number of amides is 1. The van der Waals surface area contributed by atoms with Crippen molar-refractivity contribution in [2.45, 2.75) is 26.3 Å². The molecular weight excluding hydrogens is 218 g/mol. The Morgan fingerprint density at radius 1 is 1.47 bits per heavy atom. The Labute approximate surface area is 104 Å². The maximum Gasteiger partial charge on any atom is 0.308 e. The van der Waals surface area contributed by atoms with Crippen LogP contribution < -0.4 is 5.32 Å². The Kier molecular flexibility index (Phi) is 4.06. The van der Waals surface area contributed by atoms with E-state index in [0.29, 0.717) is 5.56 Å². The molecule has 0 saturated heterocycles. The minimum absolute atomic E-state index is 0.124. The predicted molar refractivity (Wildman–Crippen MR) is 64.2 cm³/mol. The van der Waals surface area contributed by atoms with E-state index in [1.165, 1.54) is 6.92 Å². The van der Waals surface area contributed by atoms with Crippen LogP contribution in [0.1, 0.15) is 34.6 Å². The molecule has 0 aliphatic rings. The standard InChI is InChI=1S/C13H17NO3/c1-3-17-13(16)9-12(14-10(2)15)11-7-5-4-6-8-11/h4-8,12H,3,9H2,1-2H3,(H,14,15)/i9D,12D. The summed E-state index contributed by atoms with van der Waals surface area (Å²) in [5, 5.41) is 2.35. The number of hydrogen-bond acceptors (Lipinski definition) is 3. The van der Waals surface area contributed by atoms with Crippen molar-refractivity contribution in [3.8, 4) is 0 Å². The summed E-state index contributed by atoms with van der Waals surface area (Å²) in [4.78, 5) is 22.9. The van der Waals surface area contributed by atoms with Gasteiger partial charge in [-0.1, -0.05) is 30.3 Å². The van der Waals surface area contributed by atoms with Crippen molar-refractivity contribution in [3.63, 3.8) is 0 Å². The van der Waals surface area contributed by atoms with Crippen LogP contribution in [0, 0.1) is 0 Å². The molecule has 2 unspecified atom stereocenters. The van der Waals surface area contributed by atoms with E-state index < -0.39 is 24.3 Å². The number of carbonyl (C=O) groups is 2. The molecule has 1 aromatic carbocycles. The van der Waals surface area contributed by atoms with Crippen molar-refractivity contribution in [1.82, 2.24) is 5.32 Å². The van der Waals surface area contributed by atoms with Gasteiger partial charge in [0.1, 0.15) is 0 Å². The molecule has 0 spiro atoms. The number of rotatable bonds is 5. The normalized spacial score (nSPS) is 17.1. The minimum atomic E-state index is -1.86. The maximum absolute atomic E-state index is 11.7. The zero-order valence-electron chi connectivity index (χ0n) is 11.9. The molecule has 0 aromatic heterocycles. The van der Waals surface area contributed by atoms with E-state index in [2.05, 4.69) is 5.32 Å². The molecule has 17 heavy (non-hydrogen) atoms. The molecule has 4 heteroatoms. The monoisotopic (exact) mass is 237 g/mol. The summed E-state index contributed by atoms with van der Waals surface area (Å²) in [6.07, 6.45) is -1.56. The van der Waals surface area contributed by atoms with Crippen LogP contribution in [0.25, 0.3) is 0 Å². The molecule has 1 rings (SSSR count). The quantitative estimate of drug-likeness (QED) is 0.795. The van der Waals surface area contributed by atoms with Crippen molar-refractivity contribution >= 4 is 11.9 Å². The molecule has 0 aliphatic carbocycles. The second-order valence-corrected chi connectivity index (χ2v) is 3.36. The molecule has 1 N–H and O–H groups in total. The summed E-state index contributed by atoms with van der Waals surface area (Å²) in [5.74, 6) is -1.32. The third kappa shape index (κ3) is 4.68. The molecular formula is C13H17NO3. The molecule has 0 fully saturated rings. The molecule has 1 amide bonds. The summed E-state index contributed by atoms with van der Waals surface area (Å²) in [5.41, 5.74) is 0.359. The Balaban J connectivity index is 3.13. The van der Waals surface area contributed by atoms with Gasteiger partial charge >= 0.3 is 5.97 Å². The molecule has 1 aromatic rings. The van der Waals surface area contributed by atoms with Crippen LogP contribution >= 0.6 is 0 Å². The Morgan fingerprint density at radius 3 is 2.65 bits per heavy atom. The predicted octanol–water partition coefficient (Wildman–Crippen LogP) is 1.82. The summed E-state index contributed by atoms with van der Waals surface area (Å²) < 4.78 is 20.9. The van der Waals surface area contributed by atoms with Crippen LogP contribution in [0.5, 0.6) is 0 Å². The van der Waals surface area contributed by atoms with Crippen molar-refractivity contribution in [2.24, 2.45) is 0 Å². The summed E-state index contributed by atoms with van der Waals surface area (Å²) in [6, 6.07) is 6.42. The van der Waals surface area contributed by atoms with Crippen molar-refractivity contribution < 1.29 is 17.1 Å². The van der Waals surface area contributed by atoms with Gasteiger partial charge in [0, 0.05) is 8.29 Å². The fraction of sp³-hybridized carbons (Fsp3) is 0.385. The Bertz CT molecular complexity index is 452. The van der Waals surface area contributed by atoms with Crippen molar-refractivity contribution in [1.29, 1.82) is 0 Å². The number of ether oxygens (including phenoxy) is 1. The third-order valence-electron chi connectivity index (χ3n) is 1.94. The van der Waals surface area contributed by atoms with Gasteiger partial charge in [0.15, 0.2) is 0 Å². The van der Waals surface area contributed by atoms with Gasteiger partial charge in [-0.2, -0.15) is 0 Å². The molecule has 92 valence electrons. The smallest absolute Gasteiger partial charge is 0.308 e.